The summed E-state index contributed by atoms with van der Waals surface area (Å²) in [5, 5.41) is 0. The van der Waals surface area contributed by atoms with Crippen LogP contribution >= 0.6 is 0 Å². The number of ether oxygens (including phenoxy) is 2. The first-order chi connectivity index (χ1) is 11.9. The molecular weight excluding hydrogens is 333 g/mol. The monoisotopic (exact) mass is 348 g/mol. The molecule has 0 N–H and O–H groups in total. The number of rotatable bonds is 3. The Bertz CT molecular complexity index is 795. The van der Waals surface area contributed by atoms with Crippen LogP contribution < -0.4 is 4.74 Å². The lowest BCUT2D eigenvalue weighted by molar-refractivity contribution is -0.274. The number of carbonyl (C=O) groups is 1. The molecule has 0 amide bonds. The van der Waals surface area contributed by atoms with Gasteiger partial charge in [-0.2, -0.15) is 13.2 Å². The Labute approximate surface area is 142 Å². The van der Waals surface area contributed by atoms with E-state index < -0.39 is 24.2 Å². The molecule has 1 atom stereocenters. The average Bonchev–Trinajstić information content (AvgIpc) is 2.61. The van der Waals surface area contributed by atoms with Crippen LogP contribution in [0.25, 0.3) is 5.57 Å². The van der Waals surface area contributed by atoms with Crippen molar-refractivity contribution in [2.45, 2.75) is 18.2 Å². The van der Waals surface area contributed by atoms with Gasteiger partial charge >= 0.3 is 12.1 Å². The van der Waals surface area contributed by atoms with Gasteiger partial charge in [-0.3, -0.25) is 0 Å². The minimum Gasteiger partial charge on any atom is -0.497 e. The van der Waals surface area contributed by atoms with Crippen LogP contribution in [-0.2, 0) is 15.1 Å². The Balaban J connectivity index is 2.07. The molecule has 130 valence electrons. The van der Waals surface area contributed by atoms with Crippen molar-refractivity contribution in [2.75, 3.05) is 7.11 Å². The molecule has 3 nitrogen and oxygen atoms in total. The maximum atomic E-state index is 13.9. The first-order valence-corrected chi connectivity index (χ1v) is 7.56. The molecule has 0 saturated heterocycles. The van der Waals surface area contributed by atoms with Gasteiger partial charge in [-0.1, -0.05) is 42.5 Å². The molecule has 0 radical (unpaired) electrons. The lowest BCUT2D eigenvalue weighted by atomic mass is 9.82. The van der Waals surface area contributed by atoms with Crippen LogP contribution in [0.15, 0.2) is 60.7 Å². The Morgan fingerprint density at radius 2 is 1.68 bits per heavy atom. The second-order valence-electron chi connectivity index (χ2n) is 5.69. The molecule has 0 spiro atoms. The molecule has 2 aromatic rings. The smallest absolute Gasteiger partial charge is 0.433 e. The molecule has 1 heterocycles. The van der Waals surface area contributed by atoms with E-state index in [0.717, 1.165) is 6.08 Å². The summed E-state index contributed by atoms with van der Waals surface area (Å²) < 4.78 is 51.7. The number of methoxy groups -OCH3 is 1. The zero-order valence-electron chi connectivity index (χ0n) is 13.3. The molecule has 2 aromatic carbocycles. The highest BCUT2D eigenvalue weighted by Gasteiger charge is 2.60. The van der Waals surface area contributed by atoms with Gasteiger partial charge in [0.1, 0.15) is 5.75 Å². The Morgan fingerprint density at radius 3 is 2.24 bits per heavy atom. The lowest BCUT2D eigenvalue weighted by Gasteiger charge is -2.38. The molecule has 3 rings (SSSR count). The third-order valence-corrected chi connectivity index (χ3v) is 4.17. The average molecular weight is 348 g/mol. The first-order valence-electron chi connectivity index (χ1n) is 7.56. The fraction of sp³-hybridized carbons (Fsp3) is 0.211. The van der Waals surface area contributed by atoms with Gasteiger partial charge in [0.2, 0.25) is 5.60 Å². The molecule has 0 saturated carbocycles. The third kappa shape index (κ3) is 3.12. The standard InChI is InChI=1S/C19H15F3O3/c1-24-16-9-7-13(8-10-16)14-11-17(23)25-18(12-14,19(20,21)22)15-5-3-2-4-6-15/h2-11H,12H2,1H3/t18-/m1/s1. The molecule has 6 heteroatoms. The van der Waals surface area contributed by atoms with Crippen LogP contribution in [0.3, 0.4) is 0 Å². The highest BCUT2D eigenvalue weighted by atomic mass is 19.4. The number of cyclic esters (lactones) is 1. The summed E-state index contributed by atoms with van der Waals surface area (Å²) in [4.78, 5) is 12.0. The van der Waals surface area contributed by atoms with Gasteiger partial charge in [0, 0.05) is 18.1 Å². The highest BCUT2D eigenvalue weighted by molar-refractivity contribution is 5.94. The van der Waals surface area contributed by atoms with Gasteiger partial charge in [0.25, 0.3) is 0 Å². The van der Waals surface area contributed by atoms with Gasteiger partial charge in [0.05, 0.1) is 7.11 Å². The van der Waals surface area contributed by atoms with E-state index in [1.165, 1.54) is 31.4 Å². The molecular formula is C19H15F3O3. The van der Waals surface area contributed by atoms with E-state index >= 15 is 0 Å². The zero-order chi connectivity index (χ0) is 18.1. The lowest BCUT2D eigenvalue weighted by Crippen LogP contribution is -2.48. The van der Waals surface area contributed by atoms with Crippen molar-refractivity contribution in [3.63, 3.8) is 0 Å². The largest absolute Gasteiger partial charge is 0.497 e. The van der Waals surface area contributed by atoms with E-state index in [9.17, 15) is 18.0 Å². The van der Waals surface area contributed by atoms with Crippen LogP contribution in [0, 0.1) is 0 Å². The maximum Gasteiger partial charge on any atom is 0.433 e. The SMILES string of the molecule is COc1ccc(C2=CC(=O)O[C@](c3ccccc3)(C(F)(F)F)C2)cc1. The highest BCUT2D eigenvalue weighted by Crippen LogP contribution is 2.50. The number of hydrogen-bond acceptors (Lipinski definition) is 3. The van der Waals surface area contributed by atoms with Crippen molar-refractivity contribution in [1.29, 1.82) is 0 Å². The summed E-state index contributed by atoms with van der Waals surface area (Å²) >= 11 is 0. The van der Waals surface area contributed by atoms with Gasteiger partial charge in [-0.15, -0.1) is 0 Å². The quantitative estimate of drug-likeness (QED) is 0.767. The summed E-state index contributed by atoms with van der Waals surface area (Å²) in [6, 6.07) is 13.7. The van der Waals surface area contributed by atoms with Crippen LogP contribution in [0.5, 0.6) is 5.75 Å². The molecule has 1 aliphatic heterocycles. The van der Waals surface area contributed by atoms with Gasteiger partial charge in [-0.05, 0) is 23.3 Å². The van der Waals surface area contributed by atoms with E-state index in [4.69, 9.17) is 9.47 Å². The molecule has 0 bridgehead atoms. The van der Waals surface area contributed by atoms with Gasteiger partial charge in [-0.25, -0.2) is 4.79 Å². The Morgan fingerprint density at radius 1 is 1.04 bits per heavy atom. The number of benzene rings is 2. The molecule has 0 aliphatic carbocycles. The minimum absolute atomic E-state index is 0.102. The van der Waals surface area contributed by atoms with Crippen LogP contribution in [0.4, 0.5) is 13.2 Å². The minimum atomic E-state index is -4.75. The summed E-state index contributed by atoms with van der Waals surface area (Å²) in [5.74, 6) is -0.439. The summed E-state index contributed by atoms with van der Waals surface area (Å²) in [6.07, 6.45) is -4.14. The molecule has 0 aromatic heterocycles. The molecule has 0 unspecified atom stereocenters. The second kappa shape index (κ2) is 6.27. The topological polar surface area (TPSA) is 35.5 Å². The Kier molecular flexibility index (Phi) is 4.29. The van der Waals surface area contributed by atoms with Gasteiger partial charge < -0.3 is 9.47 Å². The maximum absolute atomic E-state index is 13.9. The number of carbonyl (C=O) groups excluding carboxylic acids is 1. The van der Waals surface area contributed by atoms with E-state index in [0.29, 0.717) is 11.3 Å². The fourth-order valence-corrected chi connectivity index (χ4v) is 2.88. The van der Waals surface area contributed by atoms with E-state index in [2.05, 4.69) is 0 Å². The molecule has 25 heavy (non-hydrogen) atoms. The van der Waals surface area contributed by atoms with Crippen LogP contribution in [-0.4, -0.2) is 19.3 Å². The summed E-state index contributed by atoms with van der Waals surface area (Å²) in [7, 11) is 1.50. The first kappa shape index (κ1) is 17.1. The molecule has 0 fully saturated rings. The Hall–Kier alpha value is -2.76. The van der Waals surface area contributed by atoms with Crippen LogP contribution in [0.1, 0.15) is 17.5 Å². The van der Waals surface area contributed by atoms with Gasteiger partial charge in [0.15, 0.2) is 0 Å². The number of halogens is 3. The van der Waals surface area contributed by atoms with Crippen molar-refractivity contribution in [3.05, 3.63) is 71.8 Å². The van der Waals surface area contributed by atoms with E-state index in [1.807, 2.05) is 0 Å². The van der Waals surface area contributed by atoms with E-state index in [-0.39, 0.29) is 11.1 Å². The fourth-order valence-electron chi connectivity index (χ4n) is 2.88. The van der Waals surface area contributed by atoms with Crippen molar-refractivity contribution in [1.82, 2.24) is 0 Å². The van der Waals surface area contributed by atoms with Crippen molar-refractivity contribution >= 4 is 11.5 Å². The summed E-state index contributed by atoms with van der Waals surface area (Å²) in [5.41, 5.74) is -2.02. The third-order valence-electron chi connectivity index (χ3n) is 4.17. The van der Waals surface area contributed by atoms with Crippen molar-refractivity contribution in [2.24, 2.45) is 0 Å². The second-order valence-corrected chi connectivity index (χ2v) is 5.69. The normalized spacial score (nSPS) is 20.6. The molecule has 1 aliphatic rings. The van der Waals surface area contributed by atoms with Crippen molar-refractivity contribution < 1.29 is 27.4 Å². The predicted molar refractivity (Wildman–Crippen MR) is 85.9 cm³/mol. The number of hydrogen-bond donors (Lipinski definition) is 0. The number of alkyl halides is 3. The predicted octanol–water partition coefficient (Wildman–Crippen LogP) is 4.48. The number of esters is 1. The van der Waals surface area contributed by atoms with E-state index in [1.54, 1.807) is 30.3 Å². The van der Waals surface area contributed by atoms with Crippen LogP contribution in [0.2, 0.25) is 0 Å². The van der Waals surface area contributed by atoms with Crippen molar-refractivity contribution in [3.8, 4) is 5.75 Å². The zero-order valence-corrected chi connectivity index (χ0v) is 13.3. The summed E-state index contributed by atoms with van der Waals surface area (Å²) in [6.45, 7) is 0.